The molecule has 0 spiro atoms. The number of fused-ring (bicyclic) bond motifs is 3. The smallest absolute Gasteiger partial charge is 0.229 e. The first-order valence-electron chi connectivity index (χ1n) is 9.99. The molecule has 1 heterocycles. The van der Waals surface area contributed by atoms with Gasteiger partial charge >= 0.3 is 0 Å². The number of aromatic nitrogens is 1. The van der Waals surface area contributed by atoms with Gasteiger partial charge < -0.3 is 20.1 Å². The fraction of sp³-hybridized carbons (Fsp3) is 0.217. The fourth-order valence-corrected chi connectivity index (χ4v) is 4.10. The van der Waals surface area contributed by atoms with Crippen LogP contribution in [0.1, 0.15) is 11.7 Å². The normalized spacial score (nSPS) is 12.4. The van der Waals surface area contributed by atoms with Crippen molar-refractivity contribution >= 4 is 49.9 Å². The number of H-pyrrole nitrogens is 1. The van der Waals surface area contributed by atoms with Crippen LogP contribution in [0.15, 0.2) is 66.7 Å². The second kappa shape index (κ2) is 10.2. The molecule has 0 fully saturated rings. The Balaban J connectivity index is 0.00000289. The second-order valence-electron chi connectivity index (χ2n) is 7.45. The van der Waals surface area contributed by atoms with Gasteiger partial charge in [-0.3, -0.25) is 4.72 Å². The minimum Gasteiger partial charge on any atom is -0.492 e. The van der Waals surface area contributed by atoms with Crippen LogP contribution >= 0.6 is 12.4 Å². The Labute approximate surface area is 193 Å². The molecule has 9 heteroatoms. The highest BCUT2D eigenvalue weighted by Crippen LogP contribution is 2.28. The van der Waals surface area contributed by atoms with Gasteiger partial charge in [-0.25, -0.2) is 8.42 Å². The van der Waals surface area contributed by atoms with Crippen LogP contribution in [0.3, 0.4) is 0 Å². The van der Waals surface area contributed by atoms with Gasteiger partial charge in [0.15, 0.2) is 0 Å². The van der Waals surface area contributed by atoms with E-state index >= 15 is 0 Å². The van der Waals surface area contributed by atoms with Crippen molar-refractivity contribution in [3.05, 3.63) is 72.3 Å². The summed E-state index contributed by atoms with van der Waals surface area (Å²) in [7, 11) is -3.36. The number of para-hydroxylation sites is 1. The first-order valence-corrected chi connectivity index (χ1v) is 11.9. The summed E-state index contributed by atoms with van der Waals surface area (Å²) in [5.74, 6) is 0.779. The van der Waals surface area contributed by atoms with Crippen molar-refractivity contribution in [2.24, 2.45) is 0 Å². The summed E-state index contributed by atoms with van der Waals surface area (Å²) in [6.07, 6.45) is 0.331. The highest BCUT2D eigenvalue weighted by molar-refractivity contribution is 7.92. The first-order chi connectivity index (χ1) is 14.9. The van der Waals surface area contributed by atoms with Gasteiger partial charge in [0.25, 0.3) is 0 Å². The van der Waals surface area contributed by atoms with Crippen LogP contribution in [0, 0.1) is 0 Å². The molecule has 1 atom stereocenters. The molecule has 0 aliphatic carbocycles. The zero-order chi connectivity index (χ0) is 21.8. The maximum Gasteiger partial charge on any atom is 0.229 e. The predicted octanol–water partition coefficient (Wildman–Crippen LogP) is 3.82. The number of anilines is 1. The maximum absolute atomic E-state index is 11.4. The second-order valence-corrected chi connectivity index (χ2v) is 9.19. The van der Waals surface area contributed by atoms with Crippen molar-refractivity contribution in [1.29, 1.82) is 0 Å². The summed E-state index contributed by atoms with van der Waals surface area (Å²) in [6, 6.07) is 20.9. The average molecular weight is 476 g/mol. The Morgan fingerprint density at radius 3 is 2.59 bits per heavy atom. The third kappa shape index (κ3) is 5.92. The lowest BCUT2D eigenvalue weighted by Crippen LogP contribution is -2.26. The standard InChI is InChI=1S/C23H25N3O4S.ClH/c1-31(28,29)26-17-6-4-5-16(13-17)23(27)15-24-11-12-30-18-9-10-20-19-7-2-3-8-21(19)25-22(20)14-18;/h2-10,13-14,23-27H,11-12,15H2,1H3;1H/t23-;/m1./s1. The molecule has 0 radical (unpaired) electrons. The number of hydrogen-bond donors (Lipinski definition) is 4. The van der Waals surface area contributed by atoms with Crippen molar-refractivity contribution in [2.45, 2.75) is 6.10 Å². The molecule has 7 nitrogen and oxygen atoms in total. The van der Waals surface area contributed by atoms with Crippen LogP contribution in [0.2, 0.25) is 0 Å². The number of aromatic amines is 1. The Morgan fingerprint density at radius 2 is 1.78 bits per heavy atom. The van der Waals surface area contributed by atoms with Gasteiger partial charge in [0.05, 0.1) is 17.9 Å². The Kier molecular flexibility index (Phi) is 7.63. The van der Waals surface area contributed by atoms with E-state index in [4.69, 9.17) is 4.74 Å². The molecule has 4 rings (SSSR count). The molecule has 0 amide bonds. The lowest BCUT2D eigenvalue weighted by Gasteiger charge is -2.14. The quantitative estimate of drug-likeness (QED) is 0.275. The van der Waals surface area contributed by atoms with Gasteiger partial charge in [-0.1, -0.05) is 30.3 Å². The Morgan fingerprint density at radius 1 is 1.00 bits per heavy atom. The molecule has 32 heavy (non-hydrogen) atoms. The summed E-state index contributed by atoms with van der Waals surface area (Å²) in [5.41, 5.74) is 3.19. The highest BCUT2D eigenvalue weighted by atomic mass is 35.5. The predicted molar refractivity (Wildman–Crippen MR) is 131 cm³/mol. The molecule has 3 aromatic carbocycles. The van der Waals surface area contributed by atoms with Gasteiger partial charge in [0, 0.05) is 41.1 Å². The molecular weight excluding hydrogens is 450 g/mol. The van der Waals surface area contributed by atoms with Crippen LogP contribution in [-0.2, 0) is 10.0 Å². The number of aliphatic hydroxyl groups excluding tert-OH is 1. The third-order valence-electron chi connectivity index (χ3n) is 4.94. The Bertz CT molecular complexity index is 1310. The van der Waals surface area contributed by atoms with Gasteiger partial charge in [-0.2, -0.15) is 0 Å². The molecule has 1 aromatic heterocycles. The zero-order valence-corrected chi connectivity index (χ0v) is 19.2. The number of sulfonamides is 1. The van der Waals surface area contributed by atoms with Crippen LogP contribution < -0.4 is 14.8 Å². The van der Waals surface area contributed by atoms with Gasteiger partial charge in [0.1, 0.15) is 12.4 Å². The van der Waals surface area contributed by atoms with E-state index in [0.29, 0.717) is 30.9 Å². The molecule has 0 unspecified atom stereocenters. The van der Waals surface area contributed by atoms with E-state index in [1.807, 2.05) is 24.3 Å². The van der Waals surface area contributed by atoms with Crippen molar-refractivity contribution in [3.8, 4) is 5.75 Å². The monoisotopic (exact) mass is 475 g/mol. The molecular formula is C23H26ClN3O4S. The number of rotatable bonds is 9. The van der Waals surface area contributed by atoms with Gasteiger partial charge in [0.2, 0.25) is 10.0 Å². The number of aliphatic hydroxyl groups is 1. The van der Waals surface area contributed by atoms with Crippen LogP contribution in [0.4, 0.5) is 5.69 Å². The molecule has 170 valence electrons. The summed E-state index contributed by atoms with van der Waals surface area (Å²) in [5, 5.41) is 15.9. The third-order valence-corrected chi connectivity index (χ3v) is 5.54. The van der Waals surface area contributed by atoms with E-state index in [-0.39, 0.29) is 12.4 Å². The van der Waals surface area contributed by atoms with Crippen LogP contribution in [0.5, 0.6) is 5.75 Å². The molecule has 0 aliphatic rings. The highest BCUT2D eigenvalue weighted by Gasteiger charge is 2.10. The largest absolute Gasteiger partial charge is 0.492 e. The van der Waals surface area contributed by atoms with E-state index in [9.17, 15) is 13.5 Å². The summed E-state index contributed by atoms with van der Waals surface area (Å²) < 4.78 is 31.0. The SMILES string of the molecule is CS(=O)(=O)Nc1cccc([C@H](O)CNCCOc2ccc3c(c2)[nH]c2ccccc23)c1.Cl. The Hall–Kier alpha value is -2.78. The maximum atomic E-state index is 11.4. The van der Waals surface area contributed by atoms with Crippen molar-refractivity contribution in [2.75, 3.05) is 30.7 Å². The number of nitrogens with one attached hydrogen (secondary N) is 3. The van der Waals surface area contributed by atoms with E-state index in [0.717, 1.165) is 28.4 Å². The minimum atomic E-state index is -3.36. The number of benzene rings is 3. The van der Waals surface area contributed by atoms with E-state index in [1.54, 1.807) is 24.3 Å². The molecule has 4 N–H and O–H groups in total. The van der Waals surface area contributed by atoms with Crippen molar-refractivity contribution in [3.63, 3.8) is 0 Å². The van der Waals surface area contributed by atoms with E-state index < -0.39 is 16.1 Å². The number of halogens is 1. The summed E-state index contributed by atoms with van der Waals surface area (Å²) in [6.45, 7) is 1.34. The van der Waals surface area contributed by atoms with E-state index in [2.05, 4.69) is 33.2 Å². The average Bonchev–Trinajstić information content (AvgIpc) is 3.10. The van der Waals surface area contributed by atoms with Crippen LogP contribution in [0.25, 0.3) is 21.8 Å². The van der Waals surface area contributed by atoms with E-state index in [1.165, 1.54) is 5.39 Å². The lowest BCUT2D eigenvalue weighted by atomic mass is 10.1. The van der Waals surface area contributed by atoms with Gasteiger partial charge in [-0.05, 0) is 35.9 Å². The number of ether oxygens (including phenoxy) is 1. The lowest BCUT2D eigenvalue weighted by molar-refractivity contribution is 0.172. The molecule has 0 bridgehead atoms. The first kappa shape index (κ1) is 23.9. The molecule has 0 saturated carbocycles. The van der Waals surface area contributed by atoms with Crippen LogP contribution in [-0.4, -0.2) is 44.5 Å². The molecule has 0 saturated heterocycles. The summed E-state index contributed by atoms with van der Waals surface area (Å²) in [4.78, 5) is 3.40. The summed E-state index contributed by atoms with van der Waals surface area (Å²) >= 11 is 0. The molecule has 0 aliphatic heterocycles. The van der Waals surface area contributed by atoms with Crippen molar-refractivity contribution in [1.82, 2.24) is 10.3 Å². The fourth-order valence-electron chi connectivity index (χ4n) is 3.54. The number of hydrogen-bond acceptors (Lipinski definition) is 5. The molecule has 4 aromatic rings. The van der Waals surface area contributed by atoms with Gasteiger partial charge in [-0.15, -0.1) is 12.4 Å². The van der Waals surface area contributed by atoms with Crippen molar-refractivity contribution < 1.29 is 18.3 Å². The topological polar surface area (TPSA) is 103 Å². The minimum absolute atomic E-state index is 0. The zero-order valence-electron chi connectivity index (χ0n) is 17.5.